The summed E-state index contributed by atoms with van der Waals surface area (Å²) in [7, 11) is 0. The van der Waals surface area contributed by atoms with Crippen LogP contribution < -0.4 is 0 Å². The number of nitrogens with zero attached hydrogens (tertiary/aromatic N) is 1. The standard InChI is InChI=1S/C15H12FN/c1-11-5-7-12(8-6-11)9-13-3-2-4-15(16)14(13)10-17/h2-8H,9H2,1H3. The molecule has 84 valence electrons. The largest absolute Gasteiger partial charge is 0.206 e. The summed E-state index contributed by atoms with van der Waals surface area (Å²) in [5, 5.41) is 8.93. The number of benzene rings is 2. The normalized spacial score (nSPS) is 9.94. The zero-order chi connectivity index (χ0) is 12.3. The van der Waals surface area contributed by atoms with Crippen molar-refractivity contribution in [2.24, 2.45) is 0 Å². The molecule has 0 unspecified atom stereocenters. The van der Waals surface area contributed by atoms with Crippen LogP contribution in [0.25, 0.3) is 0 Å². The minimum absolute atomic E-state index is 0.146. The smallest absolute Gasteiger partial charge is 0.141 e. The van der Waals surface area contributed by atoms with Gasteiger partial charge in [0.05, 0.1) is 5.56 Å². The molecule has 0 spiro atoms. The van der Waals surface area contributed by atoms with E-state index in [1.165, 1.54) is 11.6 Å². The Hall–Kier alpha value is -2.14. The molecule has 0 bridgehead atoms. The maximum atomic E-state index is 13.4. The van der Waals surface area contributed by atoms with Gasteiger partial charge in [-0.05, 0) is 30.5 Å². The molecular formula is C15H12FN. The van der Waals surface area contributed by atoms with Crippen LogP contribution in [0.4, 0.5) is 4.39 Å². The first-order chi connectivity index (χ1) is 8.20. The lowest BCUT2D eigenvalue weighted by atomic mass is 9.99. The molecule has 0 aromatic heterocycles. The molecule has 0 heterocycles. The molecule has 0 aliphatic carbocycles. The second-order valence-corrected chi connectivity index (χ2v) is 4.05. The third-order valence-electron chi connectivity index (χ3n) is 2.73. The summed E-state index contributed by atoms with van der Waals surface area (Å²) < 4.78 is 13.4. The lowest BCUT2D eigenvalue weighted by Gasteiger charge is -2.05. The van der Waals surface area contributed by atoms with Crippen LogP contribution in [0, 0.1) is 24.1 Å². The molecule has 1 nitrogen and oxygen atoms in total. The average Bonchev–Trinajstić information content (AvgIpc) is 2.32. The highest BCUT2D eigenvalue weighted by atomic mass is 19.1. The molecule has 0 fully saturated rings. The predicted octanol–water partition coefficient (Wildman–Crippen LogP) is 3.60. The summed E-state index contributed by atoms with van der Waals surface area (Å²) in [6, 6.07) is 14.7. The van der Waals surface area contributed by atoms with Crippen molar-refractivity contribution in [2.45, 2.75) is 13.3 Å². The van der Waals surface area contributed by atoms with E-state index in [2.05, 4.69) is 0 Å². The Morgan fingerprint density at radius 2 is 1.82 bits per heavy atom. The zero-order valence-corrected chi connectivity index (χ0v) is 9.57. The van der Waals surface area contributed by atoms with Crippen LogP contribution in [0.3, 0.4) is 0 Å². The fraction of sp³-hybridized carbons (Fsp3) is 0.133. The number of nitriles is 1. The first-order valence-electron chi connectivity index (χ1n) is 5.44. The van der Waals surface area contributed by atoms with Crippen molar-refractivity contribution in [3.05, 3.63) is 70.5 Å². The summed E-state index contributed by atoms with van der Waals surface area (Å²) in [4.78, 5) is 0. The Balaban J connectivity index is 2.34. The third kappa shape index (κ3) is 2.51. The van der Waals surface area contributed by atoms with E-state index < -0.39 is 5.82 Å². The second-order valence-electron chi connectivity index (χ2n) is 4.05. The highest BCUT2D eigenvalue weighted by Gasteiger charge is 2.07. The fourth-order valence-corrected chi connectivity index (χ4v) is 1.77. The highest BCUT2D eigenvalue weighted by Crippen LogP contribution is 2.17. The molecular weight excluding hydrogens is 213 g/mol. The Kier molecular flexibility index (Phi) is 3.20. The average molecular weight is 225 g/mol. The minimum atomic E-state index is -0.447. The first kappa shape index (κ1) is 11.3. The van der Waals surface area contributed by atoms with Gasteiger partial charge in [-0.15, -0.1) is 0 Å². The monoisotopic (exact) mass is 225 g/mol. The number of halogens is 1. The van der Waals surface area contributed by atoms with Gasteiger partial charge in [0.1, 0.15) is 11.9 Å². The summed E-state index contributed by atoms with van der Waals surface area (Å²) >= 11 is 0. The van der Waals surface area contributed by atoms with Crippen molar-refractivity contribution < 1.29 is 4.39 Å². The van der Waals surface area contributed by atoms with Crippen molar-refractivity contribution in [1.29, 1.82) is 5.26 Å². The van der Waals surface area contributed by atoms with Crippen molar-refractivity contribution in [2.75, 3.05) is 0 Å². The molecule has 2 rings (SSSR count). The molecule has 0 atom stereocenters. The molecule has 0 aliphatic heterocycles. The number of hydrogen-bond donors (Lipinski definition) is 0. The molecule has 2 aromatic carbocycles. The van der Waals surface area contributed by atoms with Gasteiger partial charge in [0.2, 0.25) is 0 Å². The van der Waals surface area contributed by atoms with E-state index >= 15 is 0 Å². The van der Waals surface area contributed by atoms with E-state index in [0.29, 0.717) is 6.42 Å². The van der Waals surface area contributed by atoms with Crippen molar-refractivity contribution in [3.63, 3.8) is 0 Å². The van der Waals surface area contributed by atoms with Crippen LogP contribution in [-0.2, 0) is 6.42 Å². The van der Waals surface area contributed by atoms with Gasteiger partial charge in [0.15, 0.2) is 0 Å². The van der Waals surface area contributed by atoms with Crippen molar-refractivity contribution in [3.8, 4) is 6.07 Å². The molecule has 0 saturated heterocycles. The minimum Gasteiger partial charge on any atom is -0.206 e. The maximum Gasteiger partial charge on any atom is 0.141 e. The lowest BCUT2D eigenvalue weighted by Crippen LogP contribution is -1.95. The Bertz CT molecular complexity index is 564. The van der Waals surface area contributed by atoms with Crippen molar-refractivity contribution >= 4 is 0 Å². The quantitative estimate of drug-likeness (QED) is 0.766. The zero-order valence-electron chi connectivity index (χ0n) is 9.57. The SMILES string of the molecule is Cc1ccc(Cc2cccc(F)c2C#N)cc1. The number of aryl methyl sites for hydroxylation is 1. The van der Waals surface area contributed by atoms with Gasteiger partial charge in [-0.2, -0.15) is 5.26 Å². The molecule has 0 radical (unpaired) electrons. The van der Waals surface area contributed by atoms with Crippen LogP contribution in [0.1, 0.15) is 22.3 Å². The van der Waals surface area contributed by atoms with Gasteiger partial charge in [-0.25, -0.2) is 4.39 Å². The van der Waals surface area contributed by atoms with Crippen LogP contribution in [0.15, 0.2) is 42.5 Å². The second kappa shape index (κ2) is 4.80. The van der Waals surface area contributed by atoms with E-state index in [9.17, 15) is 4.39 Å². The van der Waals surface area contributed by atoms with Crippen LogP contribution in [0.5, 0.6) is 0 Å². The van der Waals surface area contributed by atoms with E-state index in [1.54, 1.807) is 12.1 Å². The number of hydrogen-bond acceptors (Lipinski definition) is 1. The van der Waals surface area contributed by atoms with E-state index in [-0.39, 0.29) is 5.56 Å². The third-order valence-corrected chi connectivity index (χ3v) is 2.73. The van der Waals surface area contributed by atoms with E-state index in [4.69, 9.17) is 5.26 Å². The topological polar surface area (TPSA) is 23.8 Å². The molecule has 0 N–H and O–H groups in total. The maximum absolute atomic E-state index is 13.4. The summed E-state index contributed by atoms with van der Waals surface area (Å²) in [6.45, 7) is 2.02. The summed E-state index contributed by atoms with van der Waals surface area (Å²) in [6.07, 6.45) is 0.584. The Morgan fingerprint density at radius 1 is 1.12 bits per heavy atom. The van der Waals surface area contributed by atoms with E-state index in [1.807, 2.05) is 37.3 Å². The molecule has 2 aromatic rings. The Morgan fingerprint density at radius 3 is 2.47 bits per heavy atom. The summed E-state index contributed by atoms with van der Waals surface area (Å²) in [5.74, 6) is -0.447. The highest BCUT2D eigenvalue weighted by molar-refractivity contribution is 5.41. The van der Waals surface area contributed by atoms with Crippen LogP contribution in [0.2, 0.25) is 0 Å². The van der Waals surface area contributed by atoms with Gasteiger partial charge < -0.3 is 0 Å². The summed E-state index contributed by atoms with van der Waals surface area (Å²) in [5.41, 5.74) is 3.15. The van der Waals surface area contributed by atoms with Gasteiger partial charge in [0.25, 0.3) is 0 Å². The number of rotatable bonds is 2. The Labute approximate surface area is 100 Å². The van der Waals surface area contributed by atoms with Gasteiger partial charge in [-0.1, -0.05) is 42.0 Å². The van der Waals surface area contributed by atoms with Gasteiger partial charge >= 0.3 is 0 Å². The van der Waals surface area contributed by atoms with Gasteiger partial charge in [-0.3, -0.25) is 0 Å². The first-order valence-corrected chi connectivity index (χ1v) is 5.44. The van der Waals surface area contributed by atoms with Crippen molar-refractivity contribution in [1.82, 2.24) is 0 Å². The molecule has 17 heavy (non-hydrogen) atoms. The molecule has 0 amide bonds. The van der Waals surface area contributed by atoms with Crippen LogP contribution in [-0.4, -0.2) is 0 Å². The van der Waals surface area contributed by atoms with Gasteiger partial charge in [0, 0.05) is 0 Å². The molecule has 0 aliphatic rings. The lowest BCUT2D eigenvalue weighted by molar-refractivity contribution is 0.622. The molecule has 2 heteroatoms. The predicted molar refractivity (Wildman–Crippen MR) is 65.1 cm³/mol. The van der Waals surface area contributed by atoms with Crippen LogP contribution >= 0.6 is 0 Å². The van der Waals surface area contributed by atoms with E-state index in [0.717, 1.165) is 11.1 Å². The molecule has 0 saturated carbocycles. The fourth-order valence-electron chi connectivity index (χ4n) is 1.77.